The number of aromatic nitrogens is 4. The van der Waals surface area contributed by atoms with Crippen molar-refractivity contribution in [2.45, 2.75) is 37.1 Å². The van der Waals surface area contributed by atoms with E-state index in [2.05, 4.69) is 31.3 Å². The number of anilines is 1. The zero-order valence-corrected chi connectivity index (χ0v) is 21.5. The average molecular weight is 554 g/mol. The van der Waals surface area contributed by atoms with Crippen LogP contribution in [0.15, 0.2) is 71.6 Å². The molecule has 1 N–H and O–H groups in total. The third kappa shape index (κ3) is 5.49. The minimum absolute atomic E-state index is 0.0123. The van der Waals surface area contributed by atoms with Crippen molar-refractivity contribution >= 4 is 44.9 Å². The van der Waals surface area contributed by atoms with Crippen molar-refractivity contribution in [1.29, 1.82) is 0 Å². The molecule has 1 saturated heterocycles. The van der Waals surface area contributed by atoms with Crippen LogP contribution in [-0.2, 0) is 17.8 Å². The summed E-state index contributed by atoms with van der Waals surface area (Å²) in [6.07, 6.45) is 7.76. The molecule has 0 spiro atoms. The topological polar surface area (TPSA) is 75.4 Å². The summed E-state index contributed by atoms with van der Waals surface area (Å²) in [6.45, 7) is 1.94. The molecule has 1 fully saturated rings. The van der Waals surface area contributed by atoms with Crippen LogP contribution in [0.2, 0.25) is 0 Å². The molecule has 9 heteroatoms. The Morgan fingerprint density at radius 3 is 2.80 bits per heavy atom. The number of piperidine rings is 1. The Morgan fingerprint density at radius 1 is 1.17 bits per heavy atom. The summed E-state index contributed by atoms with van der Waals surface area (Å²) < 4.78 is 2.63. The highest BCUT2D eigenvalue weighted by molar-refractivity contribution is 9.10. The molecule has 4 heterocycles. The number of halogens is 2. The Labute approximate surface area is 217 Å². The first-order valence-corrected chi connectivity index (χ1v) is 12.9. The quantitative estimate of drug-likeness (QED) is 0.324. The van der Waals surface area contributed by atoms with E-state index in [0.29, 0.717) is 19.5 Å². The number of pyridine rings is 1. The van der Waals surface area contributed by atoms with E-state index in [1.165, 1.54) is 0 Å². The van der Waals surface area contributed by atoms with Crippen LogP contribution in [0.5, 0.6) is 0 Å². The second-order valence-corrected chi connectivity index (χ2v) is 10.2. The molecule has 180 valence electrons. The van der Waals surface area contributed by atoms with Crippen molar-refractivity contribution in [2.24, 2.45) is 0 Å². The molecule has 35 heavy (non-hydrogen) atoms. The van der Waals surface area contributed by atoms with E-state index in [9.17, 15) is 4.79 Å². The highest BCUT2D eigenvalue weighted by Gasteiger charge is 2.30. The summed E-state index contributed by atoms with van der Waals surface area (Å²) in [6, 6.07) is 15.9. The summed E-state index contributed by atoms with van der Waals surface area (Å²) in [4.78, 5) is 24.2. The van der Waals surface area contributed by atoms with E-state index in [-0.39, 0.29) is 11.8 Å². The molecule has 1 amide bonds. The van der Waals surface area contributed by atoms with E-state index < -0.39 is 5.38 Å². The summed E-state index contributed by atoms with van der Waals surface area (Å²) in [5, 5.41) is 7.37. The molecule has 0 bridgehead atoms. The van der Waals surface area contributed by atoms with Crippen molar-refractivity contribution in [3.05, 3.63) is 88.4 Å². The molecule has 5 rings (SSSR count). The zero-order valence-electron chi connectivity index (χ0n) is 19.1. The maximum Gasteiger partial charge on any atom is 0.240 e. The third-order valence-electron chi connectivity index (χ3n) is 6.32. The largest absolute Gasteiger partial charge is 0.366 e. The van der Waals surface area contributed by atoms with Crippen molar-refractivity contribution in [3.63, 3.8) is 0 Å². The zero-order chi connectivity index (χ0) is 24.2. The smallest absolute Gasteiger partial charge is 0.240 e. The van der Waals surface area contributed by atoms with Gasteiger partial charge in [0.1, 0.15) is 11.2 Å². The van der Waals surface area contributed by atoms with Crippen molar-refractivity contribution < 1.29 is 4.79 Å². The van der Waals surface area contributed by atoms with Gasteiger partial charge in [-0.1, -0.05) is 36.4 Å². The number of hydrogen-bond donors (Lipinski definition) is 1. The van der Waals surface area contributed by atoms with Crippen LogP contribution in [0.3, 0.4) is 0 Å². The van der Waals surface area contributed by atoms with Crippen LogP contribution < -0.4 is 5.32 Å². The second-order valence-electron chi connectivity index (χ2n) is 8.79. The fourth-order valence-corrected chi connectivity index (χ4v) is 5.17. The van der Waals surface area contributed by atoms with Gasteiger partial charge < -0.3 is 10.2 Å². The average Bonchev–Trinajstić information content (AvgIpc) is 3.28. The lowest BCUT2D eigenvalue weighted by atomic mass is 9.94. The van der Waals surface area contributed by atoms with Crippen LogP contribution in [0.25, 0.3) is 5.65 Å². The molecule has 2 atom stereocenters. The van der Waals surface area contributed by atoms with Gasteiger partial charge in [-0.3, -0.25) is 9.78 Å². The molecule has 1 aromatic carbocycles. The number of amides is 1. The van der Waals surface area contributed by atoms with Crippen LogP contribution in [0, 0.1) is 0 Å². The second kappa shape index (κ2) is 10.7. The Balaban J connectivity index is 1.34. The molecular weight excluding hydrogens is 528 g/mol. The Hall–Kier alpha value is -2.97. The number of likely N-dealkylation sites (tertiary alicyclic amines) is 1. The maximum atomic E-state index is 13.2. The van der Waals surface area contributed by atoms with Crippen LogP contribution in [0.1, 0.15) is 35.6 Å². The van der Waals surface area contributed by atoms with Crippen molar-refractivity contribution in [3.8, 4) is 0 Å². The van der Waals surface area contributed by atoms with Gasteiger partial charge in [-0.15, -0.1) is 11.6 Å². The van der Waals surface area contributed by atoms with Gasteiger partial charge in [0.2, 0.25) is 5.91 Å². The number of carbonyl (C=O) groups excluding carboxylic acids is 1. The molecule has 2 unspecified atom stereocenters. The van der Waals surface area contributed by atoms with Gasteiger partial charge in [-0.25, -0.2) is 4.98 Å². The minimum atomic E-state index is -0.577. The van der Waals surface area contributed by atoms with E-state index in [4.69, 9.17) is 16.6 Å². The lowest BCUT2D eigenvalue weighted by Crippen LogP contribution is -2.43. The number of fused-ring (bicyclic) bond motifs is 1. The molecule has 0 saturated carbocycles. The number of carbonyl (C=O) groups is 1. The summed E-state index contributed by atoms with van der Waals surface area (Å²) >= 11 is 10.1. The van der Waals surface area contributed by atoms with Gasteiger partial charge >= 0.3 is 0 Å². The molecule has 0 aliphatic carbocycles. The number of benzene rings is 1. The van der Waals surface area contributed by atoms with Gasteiger partial charge in [0.25, 0.3) is 0 Å². The summed E-state index contributed by atoms with van der Waals surface area (Å²) in [7, 11) is 0. The number of nitrogens with zero attached hydrogens (tertiary/aromatic N) is 5. The highest BCUT2D eigenvalue weighted by Crippen LogP contribution is 2.30. The lowest BCUT2D eigenvalue weighted by Gasteiger charge is -2.34. The Kier molecular flexibility index (Phi) is 7.29. The molecular formula is C26H26BrClN6O. The lowest BCUT2D eigenvalue weighted by molar-refractivity contribution is -0.132. The summed E-state index contributed by atoms with van der Waals surface area (Å²) in [5.74, 6) is 0.961. The molecule has 1 aliphatic heterocycles. The van der Waals surface area contributed by atoms with E-state index >= 15 is 0 Å². The molecule has 1 aliphatic rings. The predicted octanol–water partition coefficient (Wildman–Crippen LogP) is 5.06. The van der Waals surface area contributed by atoms with Gasteiger partial charge in [0, 0.05) is 44.0 Å². The van der Waals surface area contributed by atoms with Crippen LogP contribution in [-0.4, -0.2) is 48.9 Å². The third-order valence-corrected chi connectivity index (χ3v) is 7.22. The number of alkyl halides is 1. The van der Waals surface area contributed by atoms with Gasteiger partial charge in [-0.2, -0.15) is 9.61 Å². The standard InChI is InChI=1S/C26H26BrClN6O/c27-21-16-31-34-24(30-15-19-8-4-10-29-14-19)13-23(32-25(21)34)20-9-5-11-33(17-20)26(35)22(28)12-18-6-2-1-3-7-18/h1-4,6-8,10,13-14,16,20,22,30H,5,9,11-12,15,17H2. The van der Waals surface area contributed by atoms with E-state index in [1.54, 1.807) is 16.9 Å². The van der Waals surface area contributed by atoms with E-state index in [1.807, 2.05) is 59.6 Å². The monoisotopic (exact) mass is 552 g/mol. The highest BCUT2D eigenvalue weighted by atomic mass is 79.9. The first-order chi connectivity index (χ1) is 17.1. The van der Waals surface area contributed by atoms with E-state index in [0.717, 1.165) is 52.1 Å². The van der Waals surface area contributed by atoms with Crippen LogP contribution in [0.4, 0.5) is 5.82 Å². The number of nitrogens with one attached hydrogen (secondary N) is 1. The van der Waals surface area contributed by atoms with Crippen LogP contribution >= 0.6 is 27.5 Å². The fourth-order valence-electron chi connectivity index (χ4n) is 4.51. The van der Waals surface area contributed by atoms with Gasteiger partial charge in [0.15, 0.2) is 5.65 Å². The van der Waals surface area contributed by atoms with Gasteiger partial charge in [0.05, 0.1) is 16.4 Å². The normalized spacial score (nSPS) is 16.9. The Bertz CT molecular complexity index is 1300. The predicted molar refractivity (Wildman–Crippen MR) is 141 cm³/mol. The molecule has 3 aromatic heterocycles. The first-order valence-electron chi connectivity index (χ1n) is 11.7. The Morgan fingerprint density at radius 2 is 2.00 bits per heavy atom. The molecule has 0 radical (unpaired) electrons. The van der Waals surface area contributed by atoms with Crippen molar-refractivity contribution in [2.75, 3.05) is 18.4 Å². The van der Waals surface area contributed by atoms with Crippen molar-refractivity contribution in [1.82, 2.24) is 24.5 Å². The molecule has 7 nitrogen and oxygen atoms in total. The maximum absolute atomic E-state index is 13.2. The SMILES string of the molecule is O=C(C(Cl)Cc1ccccc1)N1CCCC(c2cc(NCc3cccnc3)n3ncc(Br)c3n2)C1. The molecule has 4 aromatic rings. The number of rotatable bonds is 7. The summed E-state index contributed by atoms with van der Waals surface area (Å²) in [5.41, 5.74) is 3.83. The fraction of sp³-hybridized carbons (Fsp3) is 0.308. The van der Waals surface area contributed by atoms with Gasteiger partial charge in [-0.05, 0) is 52.4 Å². The first kappa shape index (κ1) is 23.8. The minimum Gasteiger partial charge on any atom is -0.366 e. The number of hydrogen-bond acceptors (Lipinski definition) is 5.